The van der Waals surface area contributed by atoms with E-state index in [0.29, 0.717) is 0 Å². The van der Waals surface area contributed by atoms with Gasteiger partial charge in [-0.1, -0.05) is 18.2 Å². The van der Waals surface area contributed by atoms with E-state index in [-0.39, 0.29) is 0 Å². The van der Waals surface area contributed by atoms with Gasteiger partial charge in [0.1, 0.15) is 11.2 Å². The monoisotopic (exact) mass is 300 g/mol. The molecule has 0 spiro atoms. The zero-order valence-corrected chi connectivity index (χ0v) is 12.0. The van der Waals surface area contributed by atoms with Crippen LogP contribution in [0.4, 0.5) is 0 Å². The number of aromatic amines is 3. The van der Waals surface area contributed by atoms with E-state index in [2.05, 4.69) is 43.6 Å². The van der Waals surface area contributed by atoms with Crippen LogP contribution in [0.25, 0.3) is 44.6 Å². The van der Waals surface area contributed by atoms with Crippen LogP contribution < -0.4 is 0 Å². The molecule has 0 bridgehead atoms. The van der Waals surface area contributed by atoms with Crippen LogP contribution in [0.5, 0.6) is 0 Å². The number of pyridine rings is 1. The van der Waals surface area contributed by atoms with Crippen molar-refractivity contribution >= 4 is 21.9 Å². The summed E-state index contributed by atoms with van der Waals surface area (Å²) in [6, 6.07) is 14.2. The van der Waals surface area contributed by atoms with Gasteiger partial charge in [-0.05, 0) is 24.3 Å². The van der Waals surface area contributed by atoms with Crippen molar-refractivity contribution in [1.29, 1.82) is 0 Å². The molecule has 110 valence electrons. The number of rotatable bonds is 2. The van der Waals surface area contributed by atoms with Crippen molar-refractivity contribution in [1.82, 2.24) is 30.4 Å². The molecule has 0 aliphatic rings. The summed E-state index contributed by atoms with van der Waals surface area (Å²) in [6.07, 6.45) is 3.59. The summed E-state index contributed by atoms with van der Waals surface area (Å²) in [4.78, 5) is 8.15. The Bertz CT molecular complexity index is 1080. The second-order valence-electron chi connectivity index (χ2n) is 5.42. The molecule has 6 heteroatoms. The Hall–Kier alpha value is -3.41. The fourth-order valence-corrected chi connectivity index (χ4v) is 2.84. The van der Waals surface area contributed by atoms with Crippen molar-refractivity contribution < 1.29 is 0 Å². The van der Waals surface area contributed by atoms with Crippen molar-refractivity contribution in [3.8, 4) is 22.6 Å². The topological polar surface area (TPSA) is 86.0 Å². The third-order valence-electron chi connectivity index (χ3n) is 3.99. The van der Waals surface area contributed by atoms with Crippen LogP contribution in [-0.4, -0.2) is 30.4 Å². The fourth-order valence-electron chi connectivity index (χ4n) is 2.84. The molecular weight excluding hydrogens is 288 g/mol. The highest BCUT2D eigenvalue weighted by Crippen LogP contribution is 2.29. The van der Waals surface area contributed by atoms with Gasteiger partial charge in [0.15, 0.2) is 0 Å². The molecule has 0 aliphatic carbocycles. The summed E-state index contributed by atoms with van der Waals surface area (Å²) in [5.41, 5.74) is 6.43. The molecule has 0 unspecified atom stereocenters. The highest BCUT2D eigenvalue weighted by atomic mass is 15.1. The minimum Gasteiger partial charge on any atom is -0.353 e. The van der Waals surface area contributed by atoms with Gasteiger partial charge in [0.05, 0.1) is 23.1 Å². The lowest BCUT2D eigenvalue weighted by Crippen LogP contribution is -1.84. The fraction of sp³-hybridized carbons (Fsp3) is 0. The van der Waals surface area contributed by atoms with E-state index in [1.165, 1.54) is 0 Å². The van der Waals surface area contributed by atoms with E-state index in [9.17, 15) is 0 Å². The number of fused-ring (bicyclic) bond motifs is 2. The molecule has 0 atom stereocenters. The summed E-state index contributed by atoms with van der Waals surface area (Å²) in [7, 11) is 0. The molecule has 4 aromatic heterocycles. The average Bonchev–Trinajstić information content (AvgIpc) is 3.32. The molecule has 0 aliphatic heterocycles. The van der Waals surface area contributed by atoms with Gasteiger partial charge < -0.3 is 4.98 Å². The summed E-state index contributed by atoms with van der Waals surface area (Å²) < 4.78 is 0. The van der Waals surface area contributed by atoms with Crippen molar-refractivity contribution in [3.63, 3.8) is 0 Å². The zero-order valence-electron chi connectivity index (χ0n) is 12.0. The number of aromatic nitrogens is 6. The molecule has 0 radical (unpaired) electrons. The van der Waals surface area contributed by atoms with Gasteiger partial charge in [-0.25, -0.2) is 4.98 Å². The highest BCUT2D eigenvalue weighted by Gasteiger charge is 2.13. The highest BCUT2D eigenvalue weighted by molar-refractivity contribution is 5.94. The molecule has 5 aromatic rings. The Balaban J connectivity index is 1.73. The van der Waals surface area contributed by atoms with Gasteiger partial charge in [0, 0.05) is 22.7 Å². The summed E-state index contributed by atoms with van der Waals surface area (Å²) in [6.45, 7) is 0. The van der Waals surface area contributed by atoms with E-state index in [1.807, 2.05) is 30.5 Å². The zero-order chi connectivity index (χ0) is 15.2. The Morgan fingerprint density at radius 1 is 0.957 bits per heavy atom. The molecule has 6 nitrogen and oxygen atoms in total. The predicted molar refractivity (Wildman–Crippen MR) is 88.8 cm³/mol. The Kier molecular flexibility index (Phi) is 2.40. The van der Waals surface area contributed by atoms with Crippen molar-refractivity contribution in [2.75, 3.05) is 0 Å². The lowest BCUT2D eigenvalue weighted by Gasteiger charge is -1.98. The van der Waals surface area contributed by atoms with Crippen molar-refractivity contribution in [3.05, 3.63) is 54.9 Å². The van der Waals surface area contributed by atoms with Gasteiger partial charge in [-0.15, -0.1) is 0 Å². The Morgan fingerprint density at radius 3 is 2.78 bits per heavy atom. The van der Waals surface area contributed by atoms with Crippen LogP contribution in [-0.2, 0) is 0 Å². The van der Waals surface area contributed by atoms with Gasteiger partial charge in [-0.2, -0.15) is 10.2 Å². The van der Waals surface area contributed by atoms with Crippen LogP contribution in [0.2, 0.25) is 0 Å². The SMILES string of the molecule is c1ccc2[nH]c(-c3n[nH]c4ccc(-c5cn[nH]c5)nc34)cc2c1. The normalized spacial score (nSPS) is 11.5. The second-order valence-corrected chi connectivity index (χ2v) is 5.42. The number of para-hydroxylation sites is 1. The van der Waals surface area contributed by atoms with E-state index < -0.39 is 0 Å². The van der Waals surface area contributed by atoms with Crippen LogP contribution in [0.1, 0.15) is 0 Å². The van der Waals surface area contributed by atoms with E-state index >= 15 is 0 Å². The van der Waals surface area contributed by atoms with Crippen LogP contribution in [0, 0.1) is 0 Å². The summed E-state index contributed by atoms with van der Waals surface area (Å²) >= 11 is 0. The van der Waals surface area contributed by atoms with Gasteiger partial charge in [-0.3, -0.25) is 10.2 Å². The minimum atomic E-state index is 0.821. The predicted octanol–water partition coefficient (Wildman–Crippen LogP) is 3.50. The van der Waals surface area contributed by atoms with E-state index in [1.54, 1.807) is 6.20 Å². The Morgan fingerprint density at radius 2 is 1.91 bits per heavy atom. The molecule has 0 saturated carbocycles. The molecule has 0 saturated heterocycles. The summed E-state index contributed by atoms with van der Waals surface area (Å²) in [5, 5.41) is 15.4. The van der Waals surface area contributed by atoms with Gasteiger partial charge in [0.25, 0.3) is 0 Å². The molecular formula is C17H12N6. The average molecular weight is 300 g/mol. The molecule has 0 fully saturated rings. The minimum absolute atomic E-state index is 0.821. The first-order valence-electron chi connectivity index (χ1n) is 7.31. The van der Waals surface area contributed by atoms with Crippen molar-refractivity contribution in [2.45, 2.75) is 0 Å². The third-order valence-corrected chi connectivity index (χ3v) is 3.99. The lowest BCUT2D eigenvalue weighted by atomic mass is 10.2. The number of H-pyrrole nitrogens is 3. The molecule has 23 heavy (non-hydrogen) atoms. The second kappa shape index (κ2) is 4.54. The van der Waals surface area contributed by atoms with Gasteiger partial charge in [0.2, 0.25) is 0 Å². The first-order valence-corrected chi connectivity index (χ1v) is 7.31. The first kappa shape index (κ1) is 12.2. The molecule has 5 rings (SSSR count). The smallest absolute Gasteiger partial charge is 0.135 e. The largest absolute Gasteiger partial charge is 0.353 e. The Labute approximate surface area is 130 Å². The quantitative estimate of drug-likeness (QED) is 0.466. The molecule has 0 amide bonds. The number of benzene rings is 1. The van der Waals surface area contributed by atoms with E-state index in [0.717, 1.165) is 44.6 Å². The number of hydrogen-bond donors (Lipinski definition) is 3. The maximum atomic E-state index is 4.75. The third kappa shape index (κ3) is 1.85. The molecule has 4 heterocycles. The maximum absolute atomic E-state index is 4.75. The van der Waals surface area contributed by atoms with Crippen LogP contribution in [0.15, 0.2) is 54.9 Å². The van der Waals surface area contributed by atoms with Crippen molar-refractivity contribution in [2.24, 2.45) is 0 Å². The van der Waals surface area contributed by atoms with Crippen LogP contribution >= 0.6 is 0 Å². The molecule has 3 N–H and O–H groups in total. The lowest BCUT2D eigenvalue weighted by molar-refractivity contribution is 1.09. The molecule has 1 aromatic carbocycles. The number of hydrogen-bond acceptors (Lipinski definition) is 3. The number of nitrogens with one attached hydrogen (secondary N) is 3. The van der Waals surface area contributed by atoms with Gasteiger partial charge >= 0.3 is 0 Å². The van der Waals surface area contributed by atoms with E-state index in [4.69, 9.17) is 4.98 Å². The maximum Gasteiger partial charge on any atom is 0.135 e. The summed E-state index contributed by atoms with van der Waals surface area (Å²) in [5.74, 6) is 0. The van der Waals surface area contributed by atoms with Crippen LogP contribution in [0.3, 0.4) is 0 Å². The standard InChI is InChI=1S/C17H12N6/c1-2-4-12-10(3-1)7-15(20-12)17-16-14(22-23-17)6-5-13(21-16)11-8-18-19-9-11/h1-9,20H,(H,18,19)(H,22,23). The number of nitrogens with zero attached hydrogens (tertiary/aromatic N) is 3. The first-order chi connectivity index (χ1) is 11.4.